The molecule has 3 aromatic rings. The number of ether oxygens (including phenoxy) is 2. The van der Waals surface area contributed by atoms with Crippen LogP contribution in [0.25, 0.3) is 10.2 Å². The van der Waals surface area contributed by atoms with Crippen LogP contribution in [0.4, 0.5) is 5.13 Å². The number of rotatable bonds is 9. The summed E-state index contributed by atoms with van der Waals surface area (Å²) in [7, 11) is -1.97. The largest absolute Gasteiger partial charge is 0.497 e. The van der Waals surface area contributed by atoms with Gasteiger partial charge in [-0.3, -0.25) is 14.6 Å². The minimum atomic E-state index is -3.56. The number of hydrogen-bond donors (Lipinski definition) is 0. The third kappa shape index (κ3) is 5.41. The second-order valence-electron chi connectivity index (χ2n) is 7.99. The van der Waals surface area contributed by atoms with E-state index >= 15 is 0 Å². The molecule has 1 aromatic heterocycles. The molecule has 0 atom stereocenters. The molecule has 1 fully saturated rings. The van der Waals surface area contributed by atoms with Gasteiger partial charge in [0.15, 0.2) is 15.0 Å². The van der Waals surface area contributed by atoms with Crippen LogP contribution < -0.4 is 9.64 Å². The van der Waals surface area contributed by atoms with Gasteiger partial charge in [-0.1, -0.05) is 30.4 Å². The van der Waals surface area contributed by atoms with Crippen molar-refractivity contribution in [3.63, 3.8) is 0 Å². The minimum absolute atomic E-state index is 0.0588. The van der Waals surface area contributed by atoms with E-state index in [2.05, 4.69) is 4.90 Å². The van der Waals surface area contributed by atoms with Gasteiger partial charge >= 0.3 is 0 Å². The van der Waals surface area contributed by atoms with Crippen molar-refractivity contribution >= 4 is 42.4 Å². The number of aromatic nitrogens is 1. The van der Waals surface area contributed by atoms with Gasteiger partial charge in [-0.05, 0) is 30.7 Å². The van der Waals surface area contributed by atoms with Crippen LogP contribution in [-0.4, -0.2) is 76.5 Å². The maximum atomic E-state index is 13.8. The number of benzene rings is 2. The first-order valence-corrected chi connectivity index (χ1v) is 13.8. The fraction of sp³-hybridized carbons (Fsp3) is 0.417. The van der Waals surface area contributed by atoms with Crippen LogP contribution in [0.2, 0.25) is 0 Å². The van der Waals surface area contributed by atoms with Gasteiger partial charge in [0.2, 0.25) is 0 Å². The van der Waals surface area contributed by atoms with E-state index in [1.165, 1.54) is 17.4 Å². The topological polar surface area (TPSA) is 89.0 Å². The summed E-state index contributed by atoms with van der Waals surface area (Å²) in [6.45, 7) is 5.99. The van der Waals surface area contributed by atoms with Crippen LogP contribution in [0.3, 0.4) is 0 Å². The summed E-state index contributed by atoms with van der Waals surface area (Å²) in [6.07, 6.45) is 0.730. The van der Waals surface area contributed by atoms with Crippen molar-refractivity contribution in [2.24, 2.45) is 0 Å². The lowest BCUT2D eigenvalue weighted by atomic mass is 10.2. The predicted molar refractivity (Wildman–Crippen MR) is 134 cm³/mol. The summed E-state index contributed by atoms with van der Waals surface area (Å²) in [6, 6.07) is 12.0. The Bertz CT molecular complexity index is 1250. The number of carbonyl (C=O) groups is 1. The number of carbonyl (C=O) groups excluding carboxylic acids is 1. The molecule has 1 saturated heterocycles. The molecule has 2 heterocycles. The smallest absolute Gasteiger partial charge is 0.261 e. The molecule has 0 saturated carbocycles. The Hall–Kier alpha value is -2.53. The molecule has 2 aromatic carbocycles. The van der Waals surface area contributed by atoms with E-state index in [0.717, 1.165) is 36.3 Å². The van der Waals surface area contributed by atoms with E-state index in [9.17, 15) is 13.2 Å². The highest BCUT2D eigenvalue weighted by Gasteiger charge is 2.27. The first-order chi connectivity index (χ1) is 16.4. The van der Waals surface area contributed by atoms with E-state index in [4.69, 9.17) is 14.5 Å². The van der Waals surface area contributed by atoms with Gasteiger partial charge < -0.3 is 9.47 Å². The number of sulfone groups is 1. The molecule has 0 bridgehead atoms. The van der Waals surface area contributed by atoms with Crippen LogP contribution in [0, 0.1) is 0 Å². The van der Waals surface area contributed by atoms with Crippen LogP contribution in [-0.2, 0) is 14.6 Å². The van der Waals surface area contributed by atoms with Crippen molar-refractivity contribution in [1.82, 2.24) is 9.88 Å². The van der Waals surface area contributed by atoms with Crippen LogP contribution in [0.5, 0.6) is 5.75 Å². The van der Waals surface area contributed by atoms with Gasteiger partial charge in [0.25, 0.3) is 5.91 Å². The number of fused-ring (bicyclic) bond motifs is 1. The van der Waals surface area contributed by atoms with Crippen LogP contribution >= 0.6 is 11.3 Å². The molecule has 0 aliphatic carbocycles. The number of anilines is 1. The fourth-order valence-corrected chi connectivity index (χ4v) is 5.97. The van der Waals surface area contributed by atoms with Gasteiger partial charge in [-0.2, -0.15) is 0 Å². The van der Waals surface area contributed by atoms with Gasteiger partial charge in [0.05, 0.1) is 46.8 Å². The highest BCUT2D eigenvalue weighted by molar-refractivity contribution is 7.91. The lowest BCUT2D eigenvalue weighted by Gasteiger charge is -2.28. The number of methoxy groups -OCH3 is 1. The maximum Gasteiger partial charge on any atom is 0.261 e. The van der Waals surface area contributed by atoms with Gasteiger partial charge in [0, 0.05) is 32.2 Å². The minimum Gasteiger partial charge on any atom is -0.497 e. The molecule has 1 amide bonds. The number of amides is 1. The highest BCUT2D eigenvalue weighted by Crippen LogP contribution is 2.33. The number of thiazole rings is 1. The molecule has 8 nitrogen and oxygen atoms in total. The molecule has 0 spiro atoms. The summed E-state index contributed by atoms with van der Waals surface area (Å²) < 4.78 is 37.1. The highest BCUT2D eigenvalue weighted by atomic mass is 32.2. The lowest BCUT2D eigenvalue weighted by molar-refractivity contribution is 0.0376. The third-order valence-corrected chi connectivity index (χ3v) is 8.70. The summed E-state index contributed by atoms with van der Waals surface area (Å²) in [4.78, 5) is 22.5. The number of hydrogen-bond acceptors (Lipinski definition) is 8. The van der Waals surface area contributed by atoms with Crippen molar-refractivity contribution in [2.45, 2.75) is 18.2 Å². The zero-order chi connectivity index (χ0) is 24.1. The molecule has 1 aliphatic rings. The third-order valence-electron chi connectivity index (χ3n) is 5.85. The maximum absolute atomic E-state index is 13.8. The molecule has 4 rings (SSSR count). The molecular formula is C24H29N3O5S2. The molecule has 0 unspecified atom stereocenters. The van der Waals surface area contributed by atoms with Crippen molar-refractivity contribution in [3.8, 4) is 5.75 Å². The predicted octanol–water partition coefficient (Wildman–Crippen LogP) is 3.47. The number of morpholine rings is 1. The normalized spacial score (nSPS) is 14.9. The molecule has 1 aliphatic heterocycles. The van der Waals surface area contributed by atoms with Gasteiger partial charge in [-0.15, -0.1) is 0 Å². The Morgan fingerprint density at radius 2 is 1.97 bits per heavy atom. The molecule has 34 heavy (non-hydrogen) atoms. The van der Waals surface area contributed by atoms with Gasteiger partial charge in [-0.25, -0.2) is 13.4 Å². The molecule has 0 radical (unpaired) electrons. The zero-order valence-corrected chi connectivity index (χ0v) is 21.0. The fourth-order valence-electron chi connectivity index (χ4n) is 3.91. The first-order valence-electron chi connectivity index (χ1n) is 11.3. The standard InChI is InChI=1S/C24H29N3O5S2/c1-3-34(29,30)22-8-5-4-7-19(22)23(28)27(12-6-11-26-13-15-32-16-14-26)24-25-20-17-18(31-2)9-10-21(20)33-24/h4-5,7-10,17H,3,6,11-16H2,1-2H3. The van der Waals surface area contributed by atoms with E-state index in [1.54, 1.807) is 37.1 Å². The second-order valence-corrected chi connectivity index (χ2v) is 11.2. The van der Waals surface area contributed by atoms with Crippen molar-refractivity contribution in [2.75, 3.05) is 57.2 Å². The Morgan fingerprint density at radius 3 is 2.71 bits per heavy atom. The molecular weight excluding hydrogens is 474 g/mol. The lowest BCUT2D eigenvalue weighted by Crippen LogP contribution is -2.39. The summed E-state index contributed by atoms with van der Waals surface area (Å²) in [5.74, 6) is 0.254. The van der Waals surface area contributed by atoms with Crippen molar-refractivity contribution in [1.29, 1.82) is 0 Å². The van der Waals surface area contributed by atoms with E-state index in [1.807, 2.05) is 18.2 Å². The van der Waals surface area contributed by atoms with Crippen LogP contribution in [0.15, 0.2) is 47.4 Å². The van der Waals surface area contributed by atoms with Crippen molar-refractivity contribution in [3.05, 3.63) is 48.0 Å². The molecule has 182 valence electrons. The monoisotopic (exact) mass is 503 g/mol. The first kappa shape index (κ1) is 24.6. The zero-order valence-electron chi connectivity index (χ0n) is 19.4. The summed E-state index contributed by atoms with van der Waals surface area (Å²) >= 11 is 1.41. The van der Waals surface area contributed by atoms with E-state index in [0.29, 0.717) is 30.6 Å². The second kappa shape index (κ2) is 10.8. The van der Waals surface area contributed by atoms with Gasteiger partial charge in [0.1, 0.15) is 5.75 Å². The van der Waals surface area contributed by atoms with Crippen molar-refractivity contribution < 1.29 is 22.7 Å². The SMILES string of the molecule is CCS(=O)(=O)c1ccccc1C(=O)N(CCCN1CCOCC1)c1nc2cc(OC)ccc2s1. The van der Waals surface area contributed by atoms with Crippen LogP contribution in [0.1, 0.15) is 23.7 Å². The Kier molecular flexibility index (Phi) is 7.82. The molecule has 10 heteroatoms. The Morgan fingerprint density at radius 1 is 1.21 bits per heavy atom. The number of nitrogens with zero attached hydrogens (tertiary/aromatic N) is 3. The van der Waals surface area contributed by atoms with E-state index < -0.39 is 9.84 Å². The Balaban J connectivity index is 1.67. The average molecular weight is 504 g/mol. The quantitative estimate of drug-likeness (QED) is 0.442. The van der Waals surface area contributed by atoms with E-state index in [-0.39, 0.29) is 22.1 Å². The molecule has 0 N–H and O–H groups in total. The Labute approximate surface area is 204 Å². The summed E-state index contributed by atoms with van der Waals surface area (Å²) in [5.41, 5.74) is 0.910. The summed E-state index contributed by atoms with van der Waals surface area (Å²) in [5, 5.41) is 0.541. The average Bonchev–Trinajstić information content (AvgIpc) is 3.29.